The van der Waals surface area contributed by atoms with Crippen molar-refractivity contribution >= 4 is 21.4 Å². The number of rotatable bonds is 2. The summed E-state index contributed by atoms with van der Waals surface area (Å²) in [5.74, 6) is -0.451. The van der Waals surface area contributed by atoms with Crippen LogP contribution in [0.5, 0.6) is 0 Å². The molecule has 0 aliphatic carbocycles. The van der Waals surface area contributed by atoms with Gasteiger partial charge in [-0.15, -0.1) is 0 Å². The molecule has 0 saturated heterocycles. The van der Waals surface area contributed by atoms with E-state index in [-0.39, 0.29) is 11.7 Å². The van der Waals surface area contributed by atoms with Crippen LogP contribution in [0.2, 0.25) is 0 Å². The summed E-state index contributed by atoms with van der Waals surface area (Å²) in [6, 6.07) is 4.66. The molecule has 1 unspecified atom stereocenters. The zero-order chi connectivity index (χ0) is 13.3. The maximum Gasteiger partial charge on any atom is 0.253 e. The van der Waals surface area contributed by atoms with Gasteiger partial charge in [0.05, 0.1) is 17.4 Å². The number of aryl methyl sites for hydroxylation is 1. The quantitative estimate of drug-likeness (QED) is 0.768. The van der Waals surface area contributed by atoms with Crippen LogP contribution in [0.4, 0.5) is 5.69 Å². The molecule has 2 rings (SSSR count). The number of nitrogens with two attached hydrogens (primary N) is 1. The molecule has 96 valence electrons. The molecular weight excluding hydrogens is 252 g/mol. The van der Waals surface area contributed by atoms with E-state index >= 15 is 0 Å². The van der Waals surface area contributed by atoms with Crippen molar-refractivity contribution in [2.45, 2.75) is 13.0 Å². The minimum Gasteiger partial charge on any atom is -0.398 e. The number of amides is 1. The van der Waals surface area contributed by atoms with Crippen molar-refractivity contribution in [3.8, 4) is 0 Å². The number of hydrogen-bond donors (Lipinski definition) is 2. The van der Waals surface area contributed by atoms with Gasteiger partial charge in [0.15, 0.2) is 9.84 Å². The summed E-state index contributed by atoms with van der Waals surface area (Å²) in [6.45, 7) is 1.86. The van der Waals surface area contributed by atoms with Crippen LogP contribution >= 0.6 is 0 Å². The molecule has 18 heavy (non-hydrogen) atoms. The van der Waals surface area contributed by atoms with Crippen molar-refractivity contribution in [3.05, 3.63) is 40.8 Å². The molecule has 0 spiro atoms. The molecule has 0 saturated carbocycles. The summed E-state index contributed by atoms with van der Waals surface area (Å²) in [4.78, 5) is 12.0. The zero-order valence-electron chi connectivity index (χ0n) is 9.88. The first-order valence-electron chi connectivity index (χ1n) is 5.45. The zero-order valence-corrected chi connectivity index (χ0v) is 10.7. The van der Waals surface area contributed by atoms with Crippen LogP contribution in [0.25, 0.3) is 0 Å². The molecule has 6 heteroatoms. The van der Waals surface area contributed by atoms with E-state index in [1.807, 2.05) is 13.0 Å². The minimum atomic E-state index is -3.17. The van der Waals surface area contributed by atoms with Gasteiger partial charge in [-0.1, -0.05) is 11.6 Å². The van der Waals surface area contributed by atoms with Gasteiger partial charge in [-0.2, -0.15) is 0 Å². The Bertz CT molecular complexity index is 620. The van der Waals surface area contributed by atoms with Gasteiger partial charge in [-0.25, -0.2) is 8.42 Å². The first kappa shape index (κ1) is 12.6. The first-order chi connectivity index (χ1) is 8.37. The number of nitrogen functional groups attached to an aromatic ring is 1. The standard InChI is InChI=1S/C12H14N2O3S/c1-8-2-3-11(13)10(6-8)12(15)14-9-4-5-18(16,17)7-9/h2-6,9H,7,13H2,1H3,(H,14,15). The number of carbonyl (C=O) groups excluding carboxylic acids is 1. The van der Waals surface area contributed by atoms with E-state index in [9.17, 15) is 13.2 Å². The highest BCUT2D eigenvalue weighted by atomic mass is 32.2. The van der Waals surface area contributed by atoms with E-state index < -0.39 is 15.9 Å². The van der Waals surface area contributed by atoms with E-state index in [1.54, 1.807) is 12.1 Å². The van der Waals surface area contributed by atoms with Gasteiger partial charge >= 0.3 is 0 Å². The smallest absolute Gasteiger partial charge is 0.253 e. The number of carbonyl (C=O) groups is 1. The Morgan fingerprint density at radius 2 is 2.17 bits per heavy atom. The van der Waals surface area contributed by atoms with Crippen molar-refractivity contribution < 1.29 is 13.2 Å². The van der Waals surface area contributed by atoms with Crippen LogP contribution in [0, 0.1) is 6.92 Å². The third-order valence-electron chi connectivity index (χ3n) is 2.70. The lowest BCUT2D eigenvalue weighted by Gasteiger charge is -2.11. The summed E-state index contributed by atoms with van der Waals surface area (Å²) in [5.41, 5.74) is 7.39. The third-order valence-corrected chi connectivity index (χ3v) is 4.10. The average molecular weight is 266 g/mol. The van der Waals surface area contributed by atoms with Gasteiger partial charge in [-0.3, -0.25) is 4.79 Å². The van der Waals surface area contributed by atoms with Gasteiger partial charge in [0.25, 0.3) is 5.91 Å². The highest BCUT2D eigenvalue weighted by Crippen LogP contribution is 2.15. The van der Waals surface area contributed by atoms with Crippen LogP contribution in [0.3, 0.4) is 0 Å². The van der Waals surface area contributed by atoms with E-state index in [0.29, 0.717) is 11.3 Å². The summed E-state index contributed by atoms with van der Waals surface area (Å²) < 4.78 is 22.4. The highest BCUT2D eigenvalue weighted by Gasteiger charge is 2.23. The molecule has 1 aromatic rings. The molecule has 0 radical (unpaired) electrons. The predicted octanol–water partition coefficient (Wildman–Crippen LogP) is 0.618. The first-order valence-corrected chi connectivity index (χ1v) is 7.17. The van der Waals surface area contributed by atoms with E-state index in [0.717, 1.165) is 11.0 Å². The summed E-state index contributed by atoms with van der Waals surface area (Å²) in [5, 5.41) is 3.76. The molecule has 1 heterocycles. The van der Waals surface area contributed by atoms with Crippen molar-refractivity contribution in [2.24, 2.45) is 0 Å². The maximum atomic E-state index is 12.0. The van der Waals surface area contributed by atoms with Crippen molar-refractivity contribution in [1.82, 2.24) is 5.32 Å². The Kier molecular flexibility index (Phi) is 3.13. The fourth-order valence-electron chi connectivity index (χ4n) is 1.78. The number of sulfone groups is 1. The molecular formula is C12H14N2O3S. The van der Waals surface area contributed by atoms with E-state index in [1.165, 1.54) is 6.08 Å². The fraction of sp³-hybridized carbons (Fsp3) is 0.250. The third kappa shape index (κ3) is 2.70. The molecule has 5 nitrogen and oxygen atoms in total. The average Bonchev–Trinajstić information content (AvgIpc) is 2.61. The van der Waals surface area contributed by atoms with Crippen LogP contribution in [0.1, 0.15) is 15.9 Å². The van der Waals surface area contributed by atoms with Gasteiger partial charge in [-0.05, 0) is 25.1 Å². The lowest BCUT2D eigenvalue weighted by molar-refractivity contribution is 0.0948. The summed E-state index contributed by atoms with van der Waals surface area (Å²) in [7, 11) is -3.17. The molecule has 1 aliphatic heterocycles. The number of nitrogens with one attached hydrogen (secondary N) is 1. The van der Waals surface area contributed by atoms with Gasteiger partial charge in [0.1, 0.15) is 0 Å². The molecule has 1 atom stereocenters. The lowest BCUT2D eigenvalue weighted by Crippen LogP contribution is -2.35. The van der Waals surface area contributed by atoms with Crippen molar-refractivity contribution in [2.75, 3.05) is 11.5 Å². The Hall–Kier alpha value is -1.82. The van der Waals surface area contributed by atoms with E-state index in [2.05, 4.69) is 5.32 Å². The number of benzene rings is 1. The molecule has 1 aliphatic rings. The number of anilines is 1. The minimum absolute atomic E-state index is 0.0928. The Morgan fingerprint density at radius 1 is 1.44 bits per heavy atom. The molecule has 0 fully saturated rings. The topological polar surface area (TPSA) is 89.3 Å². The normalized spacial score (nSPS) is 20.8. The van der Waals surface area contributed by atoms with Crippen LogP contribution in [-0.4, -0.2) is 26.1 Å². The molecule has 0 aromatic heterocycles. The van der Waals surface area contributed by atoms with Crippen LogP contribution in [0.15, 0.2) is 29.7 Å². The maximum absolute atomic E-state index is 12.0. The Balaban J connectivity index is 2.14. The largest absolute Gasteiger partial charge is 0.398 e. The molecule has 0 bridgehead atoms. The monoisotopic (exact) mass is 266 g/mol. The predicted molar refractivity (Wildman–Crippen MR) is 69.8 cm³/mol. The van der Waals surface area contributed by atoms with Crippen LogP contribution < -0.4 is 11.1 Å². The van der Waals surface area contributed by atoms with Crippen molar-refractivity contribution in [3.63, 3.8) is 0 Å². The summed E-state index contributed by atoms with van der Waals surface area (Å²) >= 11 is 0. The van der Waals surface area contributed by atoms with Crippen molar-refractivity contribution in [1.29, 1.82) is 0 Å². The second kappa shape index (κ2) is 4.45. The fourth-order valence-corrected chi connectivity index (χ4v) is 3.01. The molecule has 1 amide bonds. The van der Waals surface area contributed by atoms with Gasteiger partial charge in [0.2, 0.25) is 0 Å². The van der Waals surface area contributed by atoms with Gasteiger partial charge in [0, 0.05) is 11.1 Å². The lowest BCUT2D eigenvalue weighted by atomic mass is 10.1. The van der Waals surface area contributed by atoms with Crippen LogP contribution in [-0.2, 0) is 9.84 Å². The van der Waals surface area contributed by atoms with Gasteiger partial charge < -0.3 is 11.1 Å². The second-order valence-electron chi connectivity index (χ2n) is 4.33. The summed E-state index contributed by atoms with van der Waals surface area (Å²) in [6.07, 6.45) is 1.47. The second-order valence-corrected chi connectivity index (χ2v) is 6.26. The number of hydrogen-bond acceptors (Lipinski definition) is 4. The SMILES string of the molecule is Cc1ccc(N)c(C(=O)NC2C=CS(=O)(=O)C2)c1. The Morgan fingerprint density at radius 3 is 2.78 bits per heavy atom. The molecule has 1 aromatic carbocycles. The highest BCUT2D eigenvalue weighted by molar-refractivity contribution is 7.94. The Labute approximate surface area is 106 Å². The molecule has 3 N–H and O–H groups in total. The van der Waals surface area contributed by atoms with E-state index in [4.69, 9.17) is 5.73 Å².